The van der Waals surface area contributed by atoms with Crippen molar-refractivity contribution in [2.75, 3.05) is 25.2 Å². The van der Waals surface area contributed by atoms with Gasteiger partial charge in [-0.15, -0.1) is 0 Å². The largest absolute Gasteiger partial charge is 0.495 e. The molecular weight excluding hydrogens is 420 g/mol. The minimum absolute atomic E-state index is 0.0539. The van der Waals surface area contributed by atoms with Crippen LogP contribution in [0.2, 0.25) is 0 Å². The molecule has 2 aromatic rings. The lowest BCUT2D eigenvalue weighted by Gasteiger charge is -2.40. The third-order valence-corrected chi connectivity index (χ3v) is 6.11. The first-order valence-electron chi connectivity index (χ1n) is 9.89. The van der Waals surface area contributed by atoms with Gasteiger partial charge in [-0.25, -0.2) is 26.5 Å². The van der Waals surface area contributed by atoms with Gasteiger partial charge in [0.05, 0.1) is 24.6 Å². The Balaban J connectivity index is 1.97. The highest BCUT2D eigenvalue weighted by Crippen LogP contribution is 2.32. The predicted molar refractivity (Wildman–Crippen MR) is 105 cm³/mol. The molecule has 2 heterocycles. The zero-order valence-corrected chi connectivity index (χ0v) is 16.6. The number of guanidine groups is 1. The molecule has 0 unspecified atom stereocenters. The smallest absolute Gasteiger partial charge is 0.274 e. The number of pyridine rings is 1. The molecule has 3 N–H and O–H groups in total. The van der Waals surface area contributed by atoms with E-state index in [2.05, 4.69) is 15.6 Å². The van der Waals surface area contributed by atoms with Crippen LogP contribution in [0.15, 0.2) is 30.5 Å². The van der Waals surface area contributed by atoms with E-state index in [9.17, 15) is 22.0 Å². The molecule has 1 aliphatic heterocycles. The van der Waals surface area contributed by atoms with Crippen LogP contribution in [0.5, 0.6) is 5.75 Å². The summed E-state index contributed by atoms with van der Waals surface area (Å²) in [6.45, 7) is -2.01. The predicted octanol–water partition coefficient (Wildman–Crippen LogP) is 1.64. The zero-order chi connectivity index (χ0) is 24.8. The maximum absolute atomic E-state index is 14.7. The summed E-state index contributed by atoms with van der Waals surface area (Å²) < 4.78 is 81.2. The Kier molecular flexibility index (Phi) is 4.40. The van der Waals surface area contributed by atoms with Crippen LogP contribution in [0.25, 0.3) is 0 Å². The summed E-state index contributed by atoms with van der Waals surface area (Å²) >= 11 is 0. The quantitative estimate of drug-likeness (QED) is 0.661. The number of hydrogen-bond donors (Lipinski definition) is 3. The van der Waals surface area contributed by atoms with E-state index in [-0.39, 0.29) is 15.7 Å². The van der Waals surface area contributed by atoms with E-state index in [1.165, 1.54) is 32.4 Å². The van der Waals surface area contributed by atoms with Crippen molar-refractivity contribution >= 4 is 27.6 Å². The monoisotopic (exact) mass is 442 g/mol. The Morgan fingerprint density at radius 2 is 2.17 bits per heavy atom. The van der Waals surface area contributed by atoms with Gasteiger partial charge in [-0.2, -0.15) is 0 Å². The molecule has 12 heteroatoms. The lowest BCUT2D eigenvalue weighted by Crippen LogP contribution is -2.61. The normalized spacial score (nSPS) is 22.3. The summed E-state index contributed by atoms with van der Waals surface area (Å²) in [6.07, 6.45) is 1.28. The summed E-state index contributed by atoms with van der Waals surface area (Å²) in [5.41, 5.74) is -2.71. The molecule has 160 valence electrons. The van der Waals surface area contributed by atoms with E-state index >= 15 is 0 Å². The molecule has 1 atom stereocenters. The van der Waals surface area contributed by atoms with Crippen molar-refractivity contribution < 1.29 is 30.8 Å². The number of hydrogen-bond acceptors (Lipinski definition) is 6. The van der Waals surface area contributed by atoms with Crippen molar-refractivity contribution in [3.05, 3.63) is 53.4 Å². The van der Waals surface area contributed by atoms with E-state index in [4.69, 9.17) is 14.3 Å². The second-order valence-electron chi connectivity index (χ2n) is 6.68. The summed E-state index contributed by atoms with van der Waals surface area (Å²) in [5.74, 6) is -5.20. The molecule has 1 aliphatic rings. The lowest BCUT2D eigenvalue weighted by atomic mass is 9.92. The van der Waals surface area contributed by atoms with Crippen LogP contribution in [0.1, 0.15) is 27.1 Å². The van der Waals surface area contributed by atoms with Gasteiger partial charge >= 0.3 is 0 Å². The fourth-order valence-corrected chi connectivity index (χ4v) is 4.37. The van der Waals surface area contributed by atoms with Crippen molar-refractivity contribution in [2.45, 2.75) is 12.5 Å². The van der Waals surface area contributed by atoms with Gasteiger partial charge < -0.3 is 15.4 Å². The van der Waals surface area contributed by atoms with Crippen molar-refractivity contribution in [3.63, 3.8) is 0 Å². The summed E-state index contributed by atoms with van der Waals surface area (Å²) in [6, 6.07) is 4.51. The molecule has 1 amide bonds. The molecule has 0 bridgehead atoms. The minimum Gasteiger partial charge on any atom is -0.495 e. The van der Waals surface area contributed by atoms with Gasteiger partial charge in [-0.3, -0.25) is 10.2 Å². The highest BCUT2D eigenvalue weighted by molar-refractivity contribution is 7.89. The fourth-order valence-electron chi connectivity index (χ4n) is 2.95. The maximum Gasteiger partial charge on any atom is 0.274 e. The molecule has 1 saturated heterocycles. The van der Waals surface area contributed by atoms with E-state index in [1.807, 2.05) is 0 Å². The van der Waals surface area contributed by atoms with Crippen LogP contribution in [0, 0.1) is 17.0 Å². The maximum atomic E-state index is 14.7. The molecule has 1 fully saturated rings. The average Bonchev–Trinajstić information content (AvgIpc) is 2.67. The highest BCUT2D eigenvalue weighted by Gasteiger charge is 2.44. The summed E-state index contributed by atoms with van der Waals surface area (Å²) in [7, 11) is -3.20. The number of carbonyl (C=O) groups is 1. The van der Waals surface area contributed by atoms with Crippen LogP contribution < -0.4 is 15.4 Å². The van der Waals surface area contributed by atoms with Gasteiger partial charge in [-0.05, 0) is 25.1 Å². The van der Waals surface area contributed by atoms with Gasteiger partial charge in [0, 0.05) is 28.4 Å². The van der Waals surface area contributed by atoms with Gasteiger partial charge in [0.15, 0.2) is 11.6 Å². The Morgan fingerprint density at radius 3 is 2.73 bits per heavy atom. The van der Waals surface area contributed by atoms with Crippen LogP contribution in [-0.4, -0.2) is 49.4 Å². The van der Waals surface area contributed by atoms with Gasteiger partial charge in [-0.1, -0.05) is 0 Å². The number of nitrogens with one attached hydrogen (secondary N) is 3. The van der Waals surface area contributed by atoms with Gasteiger partial charge in [0.1, 0.15) is 11.4 Å². The first kappa shape index (κ1) is 17.6. The average molecular weight is 442 g/mol. The molecule has 1 aromatic carbocycles. The van der Waals surface area contributed by atoms with Crippen molar-refractivity contribution in [3.8, 4) is 5.75 Å². The Hall–Kier alpha value is -3.28. The number of aromatic nitrogens is 1. The third-order valence-electron chi connectivity index (χ3n) is 4.43. The number of amides is 1. The van der Waals surface area contributed by atoms with Crippen LogP contribution in [0.3, 0.4) is 0 Å². The summed E-state index contributed by atoms with van der Waals surface area (Å²) in [4.78, 5) is 16.3. The number of halogens is 2. The van der Waals surface area contributed by atoms with Crippen molar-refractivity contribution in [2.24, 2.45) is 0 Å². The minimum atomic E-state index is -4.62. The van der Waals surface area contributed by atoms with E-state index < -0.39 is 57.4 Å². The molecule has 0 saturated carbocycles. The zero-order valence-electron chi connectivity index (χ0n) is 18.8. The number of ether oxygens (including phenoxy) is 1. The molecule has 0 radical (unpaired) electrons. The van der Waals surface area contributed by atoms with Crippen LogP contribution >= 0.6 is 0 Å². The van der Waals surface area contributed by atoms with Crippen LogP contribution in [-0.2, 0) is 15.6 Å². The molecular formula is C18H19F2N5O4S. The van der Waals surface area contributed by atoms with Gasteiger partial charge in [0.25, 0.3) is 5.91 Å². The first-order chi connectivity index (χ1) is 15.2. The van der Waals surface area contributed by atoms with Crippen LogP contribution in [0.4, 0.5) is 14.5 Å². The highest BCUT2D eigenvalue weighted by atomic mass is 32.2. The number of rotatable bonds is 4. The number of methoxy groups -OCH3 is 1. The third kappa shape index (κ3) is 3.90. The number of benzene rings is 1. The standard InChI is InChI=1S/C18H19F2N5O4S/c1-18(9-30(27,28)25(2)17(21)24-18)12-6-10(7-13(19)15(12)20)23-16(26)14-5-4-11(29-3)8-22-14/h4-8H,9H2,1-3H3,(H2,21,24)(H,23,26)/t18-/m0/s1/i2D3. The number of sulfonamides is 1. The molecule has 0 spiro atoms. The number of carbonyl (C=O) groups excluding carboxylic acids is 1. The van der Waals surface area contributed by atoms with Gasteiger partial charge in [0.2, 0.25) is 16.0 Å². The number of anilines is 1. The molecule has 3 rings (SSSR count). The fraction of sp³-hybridized carbons (Fsp3) is 0.278. The van der Waals surface area contributed by atoms with E-state index in [0.29, 0.717) is 11.8 Å². The molecule has 1 aromatic heterocycles. The van der Waals surface area contributed by atoms with E-state index in [0.717, 1.165) is 6.07 Å². The van der Waals surface area contributed by atoms with Crippen molar-refractivity contribution in [1.82, 2.24) is 14.6 Å². The first-order valence-corrected chi connectivity index (χ1v) is 9.99. The SMILES string of the molecule is [2H]C([2H])([2H])N1C(=N)N[C@](C)(c2cc(NC(=O)c3ccc(OC)cn3)cc(F)c2F)CS1(=O)=O. The molecule has 0 aliphatic carbocycles. The van der Waals surface area contributed by atoms with Crippen molar-refractivity contribution in [1.29, 1.82) is 5.41 Å². The Labute approximate surface area is 175 Å². The van der Waals surface area contributed by atoms with E-state index in [1.54, 1.807) is 0 Å². The Morgan fingerprint density at radius 1 is 1.43 bits per heavy atom. The second-order valence-corrected chi connectivity index (χ2v) is 8.50. The molecule has 30 heavy (non-hydrogen) atoms. The molecule has 9 nitrogen and oxygen atoms in total. The number of nitrogens with zero attached hydrogens (tertiary/aromatic N) is 2. The topological polar surface area (TPSA) is 124 Å². The Bertz CT molecular complexity index is 1220. The summed E-state index contributed by atoms with van der Waals surface area (Å²) in [5, 5.41) is 12.6. The second kappa shape index (κ2) is 7.52. The lowest BCUT2D eigenvalue weighted by molar-refractivity contribution is 0.102.